The van der Waals surface area contributed by atoms with E-state index in [2.05, 4.69) is 0 Å². The second kappa shape index (κ2) is 8.43. The number of carbonyl (C=O) groups excluding carboxylic acids is 1. The van der Waals surface area contributed by atoms with Crippen LogP contribution in [0, 0.1) is 20.8 Å². The van der Waals surface area contributed by atoms with Gasteiger partial charge in [-0.3, -0.25) is 9.10 Å². The van der Waals surface area contributed by atoms with E-state index in [1.54, 1.807) is 31.2 Å². The van der Waals surface area contributed by atoms with Crippen molar-refractivity contribution in [1.29, 1.82) is 0 Å². The molecule has 166 valence electrons. The fraction of sp³-hybridized carbons (Fsp3) is 0.269. The molecule has 0 fully saturated rings. The lowest BCUT2D eigenvalue weighted by Gasteiger charge is -2.39. The normalized spacial score (nSPS) is 15.1. The minimum atomic E-state index is -3.94. The van der Waals surface area contributed by atoms with Gasteiger partial charge in [0.15, 0.2) is 0 Å². The van der Waals surface area contributed by atoms with Crippen molar-refractivity contribution < 1.29 is 17.9 Å². The number of benzene rings is 3. The van der Waals surface area contributed by atoms with Gasteiger partial charge in [0.1, 0.15) is 0 Å². The van der Waals surface area contributed by atoms with Crippen molar-refractivity contribution in [3.8, 4) is 11.1 Å². The van der Waals surface area contributed by atoms with E-state index in [-0.39, 0.29) is 17.9 Å². The van der Waals surface area contributed by atoms with Crippen molar-refractivity contribution in [3.63, 3.8) is 0 Å². The van der Waals surface area contributed by atoms with Gasteiger partial charge in [-0.1, -0.05) is 53.1 Å². The van der Waals surface area contributed by atoms with Crippen LogP contribution >= 0.6 is 0 Å². The Labute approximate surface area is 189 Å². The zero-order chi connectivity index (χ0) is 23.0. The predicted molar refractivity (Wildman–Crippen MR) is 126 cm³/mol. The summed E-state index contributed by atoms with van der Waals surface area (Å²) in [4.78, 5) is 12.8. The molecule has 5 nitrogen and oxygen atoms in total. The highest BCUT2D eigenvalue weighted by molar-refractivity contribution is 7.92. The Kier molecular flexibility index (Phi) is 5.82. The Morgan fingerprint density at radius 3 is 2.19 bits per heavy atom. The number of carbonyl (C=O) groups is 1. The summed E-state index contributed by atoms with van der Waals surface area (Å²) in [6.45, 7) is 7.85. The summed E-state index contributed by atoms with van der Waals surface area (Å²) in [5.41, 5.74) is 6.18. The van der Waals surface area contributed by atoms with Crippen LogP contribution in [0.1, 0.15) is 41.6 Å². The molecule has 1 aliphatic heterocycles. The lowest BCUT2D eigenvalue weighted by atomic mass is 9.86. The zero-order valence-corrected chi connectivity index (χ0v) is 19.6. The summed E-state index contributed by atoms with van der Waals surface area (Å²) in [5, 5.41) is 0. The van der Waals surface area contributed by atoms with Gasteiger partial charge in [-0.2, -0.15) is 0 Å². The van der Waals surface area contributed by atoms with E-state index >= 15 is 0 Å². The highest BCUT2D eigenvalue weighted by atomic mass is 32.2. The second-order valence-electron chi connectivity index (χ2n) is 8.25. The summed E-state index contributed by atoms with van der Waals surface area (Å²) in [5.74, 6) is -0.426. The quantitative estimate of drug-likeness (QED) is 0.484. The fourth-order valence-corrected chi connectivity index (χ4v) is 5.89. The molecule has 0 saturated carbocycles. The molecule has 1 atom stereocenters. The molecule has 4 rings (SSSR count). The van der Waals surface area contributed by atoms with E-state index in [9.17, 15) is 13.2 Å². The second-order valence-corrected chi connectivity index (χ2v) is 10.1. The lowest BCUT2D eigenvalue weighted by molar-refractivity contribution is -0.143. The topological polar surface area (TPSA) is 63.7 Å². The number of fused-ring (bicyclic) bond motifs is 3. The molecule has 6 heteroatoms. The molecule has 1 unspecified atom stereocenters. The van der Waals surface area contributed by atoms with Gasteiger partial charge < -0.3 is 4.74 Å². The van der Waals surface area contributed by atoms with Crippen molar-refractivity contribution in [2.45, 2.75) is 45.1 Å². The molecule has 0 aliphatic carbocycles. The van der Waals surface area contributed by atoms with Crippen LogP contribution in [0.5, 0.6) is 0 Å². The van der Waals surface area contributed by atoms with Gasteiger partial charge in [0, 0.05) is 5.56 Å². The first-order valence-electron chi connectivity index (χ1n) is 10.7. The summed E-state index contributed by atoms with van der Waals surface area (Å²) in [6, 6.07) is 17.8. The van der Waals surface area contributed by atoms with E-state index in [1.165, 1.54) is 4.31 Å². The molecular weight excluding hydrogens is 422 g/mol. The molecule has 1 aliphatic rings. The van der Waals surface area contributed by atoms with E-state index in [4.69, 9.17) is 4.74 Å². The largest absolute Gasteiger partial charge is 0.466 e. The van der Waals surface area contributed by atoms with Gasteiger partial charge in [0.2, 0.25) is 0 Å². The highest BCUT2D eigenvalue weighted by Gasteiger charge is 2.40. The molecular formula is C26H27NO4S. The van der Waals surface area contributed by atoms with Gasteiger partial charge in [-0.15, -0.1) is 0 Å². The average molecular weight is 450 g/mol. The maximum Gasteiger partial charge on any atom is 0.308 e. The molecule has 3 aromatic rings. The van der Waals surface area contributed by atoms with Crippen LogP contribution in [0.4, 0.5) is 5.69 Å². The van der Waals surface area contributed by atoms with Crippen LogP contribution in [0.25, 0.3) is 11.1 Å². The van der Waals surface area contributed by atoms with Crippen LogP contribution in [0.2, 0.25) is 0 Å². The monoisotopic (exact) mass is 449 g/mol. The minimum absolute atomic E-state index is 0.0668. The first-order valence-corrected chi connectivity index (χ1v) is 12.1. The van der Waals surface area contributed by atoms with Gasteiger partial charge in [0.25, 0.3) is 10.0 Å². The summed E-state index contributed by atoms with van der Waals surface area (Å²) in [6.07, 6.45) is -0.0668. The third-order valence-corrected chi connectivity index (χ3v) is 7.61. The summed E-state index contributed by atoms with van der Waals surface area (Å²) < 4.78 is 34.6. The SMILES string of the molecule is CCOC(=O)CC1c2cc(C)ccc2-c2cc(C)ccc2N1S(=O)(=O)c1ccc(C)cc1. The fourth-order valence-electron chi connectivity index (χ4n) is 4.25. The number of sulfonamides is 1. The zero-order valence-electron chi connectivity index (χ0n) is 18.8. The van der Waals surface area contributed by atoms with E-state index in [1.807, 2.05) is 57.2 Å². The number of aryl methyl sites for hydroxylation is 3. The van der Waals surface area contributed by atoms with Crippen molar-refractivity contribution in [1.82, 2.24) is 0 Å². The Morgan fingerprint density at radius 1 is 0.875 bits per heavy atom. The number of hydrogen-bond donors (Lipinski definition) is 0. The van der Waals surface area contributed by atoms with Crippen molar-refractivity contribution in [2.75, 3.05) is 10.9 Å². The van der Waals surface area contributed by atoms with Crippen LogP contribution in [-0.2, 0) is 19.6 Å². The predicted octanol–water partition coefficient (Wildman–Crippen LogP) is 5.48. The molecule has 0 saturated heterocycles. The van der Waals surface area contributed by atoms with Crippen molar-refractivity contribution in [2.24, 2.45) is 0 Å². The number of rotatable bonds is 5. The van der Waals surface area contributed by atoms with Crippen molar-refractivity contribution >= 4 is 21.7 Å². The van der Waals surface area contributed by atoms with Gasteiger partial charge in [-0.25, -0.2) is 8.42 Å². The summed E-state index contributed by atoms with van der Waals surface area (Å²) >= 11 is 0. The smallest absolute Gasteiger partial charge is 0.308 e. The minimum Gasteiger partial charge on any atom is -0.466 e. The molecule has 0 aromatic heterocycles. The number of esters is 1. The first kappa shape index (κ1) is 22.1. The van der Waals surface area contributed by atoms with Crippen LogP contribution in [-0.4, -0.2) is 21.0 Å². The standard InChI is InChI=1S/C26H27NO4S/c1-5-31-26(28)16-25-23-15-18(3)8-12-21(23)22-14-19(4)9-13-24(22)27(25)32(29,30)20-10-6-17(2)7-11-20/h6-15,25H,5,16H2,1-4H3. The molecule has 0 radical (unpaired) electrons. The lowest BCUT2D eigenvalue weighted by Crippen LogP contribution is -2.39. The molecule has 0 spiro atoms. The van der Waals surface area contributed by atoms with Crippen LogP contribution in [0.3, 0.4) is 0 Å². The van der Waals surface area contributed by atoms with E-state index in [0.717, 1.165) is 33.4 Å². The molecule has 3 aromatic carbocycles. The maximum absolute atomic E-state index is 14.0. The third kappa shape index (κ3) is 3.91. The van der Waals surface area contributed by atoms with Crippen molar-refractivity contribution in [3.05, 3.63) is 82.9 Å². The third-order valence-electron chi connectivity index (χ3n) is 5.77. The van der Waals surface area contributed by atoms with Gasteiger partial charge in [0.05, 0.1) is 29.7 Å². The maximum atomic E-state index is 14.0. The summed E-state index contributed by atoms with van der Waals surface area (Å²) in [7, 11) is -3.94. The Hall–Kier alpha value is -3.12. The number of ether oxygens (including phenoxy) is 1. The highest BCUT2D eigenvalue weighted by Crippen LogP contribution is 2.49. The van der Waals surface area contributed by atoms with Gasteiger partial charge in [-0.05, 0) is 63.1 Å². The first-order chi connectivity index (χ1) is 15.2. The number of hydrogen-bond acceptors (Lipinski definition) is 4. The number of anilines is 1. The van der Waals surface area contributed by atoms with E-state index in [0.29, 0.717) is 5.69 Å². The Bertz CT molecular complexity index is 1280. The number of nitrogens with zero attached hydrogens (tertiary/aromatic N) is 1. The molecule has 0 N–H and O–H groups in total. The van der Waals surface area contributed by atoms with Gasteiger partial charge >= 0.3 is 5.97 Å². The van der Waals surface area contributed by atoms with Crippen LogP contribution in [0.15, 0.2) is 65.6 Å². The van der Waals surface area contributed by atoms with Crippen LogP contribution < -0.4 is 4.31 Å². The molecule has 0 amide bonds. The molecule has 32 heavy (non-hydrogen) atoms. The molecule has 1 heterocycles. The van der Waals surface area contributed by atoms with E-state index < -0.39 is 22.0 Å². The molecule has 0 bridgehead atoms. The Morgan fingerprint density at radius 2 is 1.50 bits per heavy atom. The Balaban J connectivity index is 1.98. The average Bonchev–Trinajstić information content (AvgIpc) is 2.74.